The van der Waals surface area contributed by atoms with Gasteiger partial charge in [-0.15, -0.1) is 0 Å². The van der Waals surface area contributed by atoms with E-state index in [0.717, 1.165) is 15.6 Å². The SMILES string of the molecule is Clc1ccccc1/C=C/Sc1ncccc1Cl. The molecule has 1 heterocycles. The van der Waals surface area contributed by atoms with Gasteiger partial charge in [0.05, 0.1) is 5.02 Å². The summed E-state index contributed by atoms with van der Waals surface area (Å²) in [4.78, 5) is 4.18. The number of nitrogens with zero attached hydrogens (tertiary/aromatic N) is 1. The van der Waals surface area contributed by atoms with Crippen LogP contribution >= 0.6 is 35.0 Å². The Kier molecular flexibility index (Phi) is 4.49. The van der Waals surface area contributed by atoms with Gasteiger partial charge in [0.1, 0.15) is 5.03 Å². The van der Waals surface area contributed by atoms with E-state index in [1.54, 1.807) is 6.20 Å². The molecule has 1 aromatic heterocycles. The summed E-state index contributed by atoms with van der Waals surface area (Å²) in [6.07, 6.45) is 3.66. The van der Waals surface area contributed by atoms with Crippen LogP contribution in [-0.4, -0.2) is 4.98 Å². The average molecular weight is 282 g/mol. The van der Waals surface area contributed by atoms with Gasteiger partial charge in [-0.05, 0) is 35.2 Å². The minimum Gasteiger partial charge on any atom is -0.248 e. The molecule has 0 atom stereocenters. The molecule has 4 heteroatoms. The summed E-state index contributed by atoms with van der Waals surface area (Å²) in [6.45, 7) is 0. The number of aromatic nitrogens is 1. The molecule has 0 radical (unpaired) electrons. The quantitative estimate of drug-likeness (QED) is 0.722. The van der Waals surface area contributed by atoms with Crippen molar-refractivity contribution in [1.29, 1.82) is 0 Å². The number of benzene rings is 1. The lowest BCUT2D eigenvalue weighted by Gasteiger charge is -1.98. The summed E-state index contributed by atoms with van der Waals surface area (Å²) >= 11 is 13.5. The molecule has 2 aromatic rings. The van der Waals surface area contributed by atoms with Crippen LogP contribution in [0.5, 0.6) is 0 Å². The van der Waals surface area contributed by atoms with Gasteiger partial charge in [-0.1, -0.05) is 53.2 Å². The van der Waals surface area contributed by atoms with Crippen molar-refractivity contribution in [2.45, 2.75) is 5.03 Å². The van der Waals surface area contributed by atoms with Gasteiger partial charge in [0.25, 0.3) is 0 Å². The fourth-order valence-electron chi connectivity index (χ4n) is 1.24. The third-order valence-electron chi connectivity index (χ3n) is 2.06. The molecule has 0 aliphatic heterocycles. The zero-order valence-electron chi connectivity index (χ0n) is 8.81. The van der Waals surface area contributed by atoms with Crippen LogP contribution in [0.2, 0.25) is 10.0 Å². The smallest absolute Gasteiger partial charge is 0.119 e. The van der Waals surface area contributed by atoms with E-state index in [1.807, 2.05) is 47.9 Å². The van der Waals surface area contributed by atoms with Crippen molar-refractivity contribution in [3.8, 4) is 0 Å². The van der Waals surface area contributed by atoms with Crippen LogP contribution in [0.3, 0.4) is 0 Å². The van der Waals surface area contributed by atoms with E-state index in [0.29, 0.717) is 5.02 Å². The summed E-state index contributed by atoms with van der Waals surface area (Å²) in [6, 6.07) is 11.3. The molecule has 0 spiro atoms. The van der Waals surface area contributed by atoms with Gasteiger partial charge in [0.2, 0.25) is 0 Å². The number of pyridine rings is 1. The molecule has 2 rings (SSSR count). The largest absolute Gasteiger partial charge is 0.248 e. The van der Waals surface area contributed by atoms with Gasteiger partial charge in [0.15, 0.2) is 0 Å². The van der Waals surface area contributed by atoms with Crippen LogP contribution in [0.25, 0.3) is 6.08 Å². The minimum absolute atomic E-state index is 0.654. The van der Waals surface area contributed by atoms with Crippen molar-refractivity contribution in [2.75, 3.05) is 0 Å². The Morgan fingerprint density at radius 1 is 1.00 bits per heavy atom. The van der Waals surface area contributed by atoms with E-state index < -0.39 is 0 Å². The minimum atomic E-state index is 0.654. The van der Waals surface area contributed by atoms with Crippen molar-refractivity contribution in [2.24, 2.45) is 0 Å². The van der Waals surface area contributed by atoms with Gasteiger partial charge in [0, 0.05) is 11.2 Å². The number of halogens is 2. The highest BCUT2D eigenvalue weighted by Crippen LogP contribution is 2.26. The number of hydrogen-bond acceptors (Lipinski definition) is 2. The molecular weight excluding hydrogens is 273 g/mol. The highest BCUT2D eigenvalue weighted by atomic mass is 35.5. The maximum absolute atomic E-state index is 6.04. The van der Waals surface area contributed by atoms with E-state index in [4.69, 9.17) is 23.2 Å². The van der Waals surface area contributed by atoms with Gasteiger partial charge in [-0.25, -0.2) is 4.98 Å². The fourth-order valence-corrected chi connectivity index (χ4v) is 2.34. The summed E-state index contributed by atoms with van der Waals surface area (Å²) in [7, 11) is 0. The molecule has 0 amide bonds. The summed E-state index contributed by atoms with van der Waals surface area (Å²) in [5, 5.41) is 4.10. The molecular formula is C13H9Cl2NS. The number of thioether (sulfide) groups is 1. The molecule has 0 fully saturated rings. The second kappa shape index (κ2) is 6.10. The molecule has 1 aromatic carbocycles. The lowest BCUT2D eigenvalue weighted by atomic mass is 10.2. The summed E-state index contributed by atoms with van der Waals surface area (Å²) < 4.78 is 0. The highest BCUT2D eigenvalue weighted by molar-refractivity contribution is 8.02. The molecule has 86 valence electrons. The highest BCUT2D eigenvalue weighted by Gasteiger charge is 1.98. The molecule has 0 aliphatic rings. The first-order valence-corrected chi connectivity index (χ1v) is 6.59. The molecule has 0 N–H and O–H groups in total. The molecule has 17 heavy (non-hydrogen) atoms. The maximum Gasteiger partial charge on any atom is 0.119 e. The monoisotopic (exact) mass is 281 g/mol. The van der Waals surface area contributed by atoms with Crippen molar-refractivity contribution in [3.05, 3.63) is 63.6 Å². The van der Waals surface area contributed by atoms with Crippen LogP contribution < -0.4 is 0 Å². The number of hydrogen-bond donors (Lipinski definition) is 0. The Labute approximate surface area is 114 Å². The second-order valence-electron chi connectivity index (χ2n) is 3.23. The Hall–Kier alpha value is -0.960. The van der Waals surface area contributed by atoms with E-state index >= 15 is 0 Å². The predicted molar refractivity (Wildman–Crippen MR) is 75.6 cm³/mol. The molecule has 1 nitrogen and oxygen atoms in total. The molecule has 0 saturated carbocycles. The van der Waals surface area contributed by atoms with Crippen LogP contribution in [0, 0.1) is 0 Å². The maximum atomic E-state index is 6.04. The summed E-state index contributed by atoms with van der Waals surface area (Å²) in [5.74, 6) is 0. The van der Waals surface area contributed by atoms with E-state index in [-0.39, 0.29) is 0 Å². The Balaban J connectivity index is 2.09. The Morgan fingerprint density at radius 2 is 1.76 bits per heavy atom. The zero-order chi connectivity index (χ0) is 12.1. The van der Waals surface area contributed by atoms with Crippen LogP contribution in [0.1, 0.15) is 5.56 Å². The standard InChI is InChI=1S/C13H9Cl2NS/c14-11-5-2-1-4-10(11)7-9-17-13-12(15)6-3-8-16-13/h1-9H/b9-7+. The van der Waals surface area contributed by atoms with E-state index in [2.05, 4.69) is 4.98 Å². The lowest BCUT2D eigenvalue weighted by Crippen LogP contribution is -1.77. The molecule has 0 unspecified atom stereocenters. The van der Waals surface area contributed by atoms with Gasteiger partial charge < -0.3 is 0 Å². The van der Waals surface area contributed by atoms with Crippen LogP contribution in [-0.2, 0) is 0 Å². The van der Waals surface area contributed by atoms with Crippen molar-refractivity contribution in [1.82, 2.24) is 4.98 Å². The molecule has 0 bridgehead atoms. The predicted octanol–water partition coefficient (Wildman–Crippen LogP) is 5.15. The summed E-state index contributed by atoms with van der Waals surface area (Å²) in [5.41, 5.74) is 0.980. The second-order valence-corrected chi connectivity index (χ2v) is 4.94. The third kappa shape index (κ3) is 3.50. The molecule has 0 saturated heterocycles. The van der Waals surface area contributed by atoms with Gasteiger partial charge in [-0.3, -0.25) is 0 Å². The van der Waals surface area contributed by atoms with Crippen LogP contribution in [0.15, 0.2) is 53.0 Å². The van der Waals surface area contributed by atoms with Gasteiger partial charge >= 0.3 is 0 Å². The molecule has 0 aliphatic carbocycles. The zero-order valence-corrected chi connectivity index (χ0v) is 11.1. The first-order chi connectivity index (χ1) is 8.27. The fraction of sp³-hybridized carbons (Fsp3) is 0. The van der Waals surface area contributed by atoms with Crippen molar-refractivity contribution >= 4 is 41.0 Å². The Morgan fingerprint density at radius 3 is 2.53 bits per heavy atom. The lowest BCUT2D eigenvalue weighted by molar-refractivity contribution is 1.14. The third-order valence-corrected chi connectivity index (χ3v) is 3.64. The average Bonchev–Trinajstić information content (AvgIpc) is 2.34. The topological polar surface area (TPSA) is 12.9 Å². The van der Waals surface area contributed by atoms with E-state index in [1.165, 1.54) is 11.8 Å². The van der Waals surface area contributed by atoms with E-state index in [9.17, 15) is 0 Å². The van der Waals surface area contributed by atoms with Crippen LogP contribution in [0.4, 0.5) is 0 Å². The number of rotatable bonds is 3. The van der Waals surface area contributed by atoms with Crippen molar-refractivity contribution in [3.63, 3.8) is 0 Å². The Bertz CT molecular complexity index is 540. The first-order valence-electron chi connectivity index (χ1n) is 4.95. The van der Waals surface area contributed by atoms with Crippen molar-refractivity contribution < 1.29 is 0 Å². The van der Waals surface area contributed by atoms with Gasteiger partial charge in [-0.2, -0.15) is 0 Å². The first kappa shape index (κ1) is 12.5. The normalized spacial score (nSPS) is 10.9.